The van der Waals surface area contributed by atoms with Crippen LogP contribution < -0.4 is 10.6 Å². The number of pyridine rings is 1. The zero-order chi connectivity index (χ0) is 14.7. The number of thiocarbonyl (C=S) groups is 1. The Labute approximate surface area is 132 Å². The van der Waals surface area contributed by atoms with Crippen LogP contribution >= 0.6 is 12.2 Å². The molecule has 3 heterocycles. The molecule has 0 amide bonds. The average Bonchev–Trinajstić information content (AvgIpc) is 3.01. The number of piperidine rings is 1. The molecule has 0 saturated carbocycles. The molecule has 4 nitrogen and oxygen atoms in total. The Morgan fingerprint density at radius 2 is 1.95 bits per heavy atom. The molecule has 1 aromatic heterocycles. The van der Waals surface area contributed by atoms with E-state index in [-0.39, 0.29) is 0 Å². The molecule has 21 heavy (non-hydrogen) atoms. The monoisotopic (exact) mass is 304 g/mol. The van der Waals surface area contributed by atoms with Crippen molar-refractivity contribution in [1.29, 1.82) is 0 Å². The third-order valence-corrected chi connectivity index (χ3v) is 4.90. The normalized spacial score (nSPS) is 20.9. The van der Waals surface area contributed by atoms with Crippen LogP contribution in [0.25, 0.3) is 0 Å². The first-order valence-corrected chi connectivity index (χ1v) is 8.37. The van der Waals surface area contributed by atoms with Gasteiger partial charge in [-0.15, -0.1) is 0 Å². The molecule has 3 rings (SSSR count). The van der Waals surface area contributed by atoms with Crippen molar-refractivity contribution >= 4 is 23.0 Å². The molecule has 0 atom stereocenters. The van der Waals surface area contributed by atoms with Gasteiger partial charge < -0.3 is 15.5 Å². The second kappa shape index (κ2) is 6.71. The second-order valence-corrected chi connectivity index (χ2v) is 6.62. The van der Waals surface area contributed by atoms with E-state index in [1.165, 1.54) is 45.3 Å². The van der Waals surface area contributed by atoms with Gasteiger partial charge in [0.25, 0.3) is 0 Å². The van der Waals surface area contributed by atoms with Gasteiger partial charge in [-0.3, -0.25) is 0 Å². The van der Waals surface area contributed by atoms with Crippen molar-refractivity contribution in [3.63, 3.8) is 0 Å². The highest BCUT2D eigenvalue weighted by Gasteiger charge is 2.24. The molecule has 1 aromatic rings. The highest BCUT2D eigenvalue weighted by molar-refractivity contribution is 7.80. The molecule has 114 valence electrons. The van der Waals surface area contributed by atoms with Gasteiger partial charge in [0, 0.05) is 25.8 Å². The average molecular weight is 304 g/mol. The van der Waals surface area contributed by atoms with Gasteiger partial charge in [0.2, 0.25) is 0 Å². The van der Waals surface area contributed by atoms with Gasteiger partial charge in [-0.05, 0) is 56.8 Å². The van der Waals surface area contributed by atoms with Gasteiger partial charge in [0.1, 0.15) is 10.8 Å². The first kappa shape index (κ1) is 14.7. The van der Waals surface area contributed by atoms with Crippen molar-refractivity contribution in [3.8, 4) is 0 Å². The number of nitrogens with two attached hydrogens (primary N) is 1. The van der Waals surface area contributed by atoms with Gasteiger partial charge >= 0.3 is 0 Å². The van der Waals surface area contributed by atoms with E-state index in [2.05, 4.69) is 14.8 Å². The molecule has 0 aromatic carbocycles. The van der Waals surface area contributed by atoms with Crippen LogP contribution in [0.1, 0.15) is 31.2 Å². The van der Waals surface area contributed by atoms with Crippen molar-refractivity contribution in [1.82, 2.24) is 9.88 Å². The van der Waals surface area contributed by atoms with Crippen LogP contribution in [0.3, 0.4) is 0 Å². The second-order valence-electron chi connectivity index (χ2n) is 6.18. The third-order valence-electron chi connectivity index (χ3n) is 4.68. The minimum Gasteiger partial charge on any atom is -0.389 e. The van der Waals surface area contributed by atoms with Crippen LogP contribution in [0.5, 0.6) is 0 Å². The summed E-state index contributed by atoms with van der Waals surface area (Å²) in [6.07, 6.45) is 7.06. The summed E-state index contributed by atoms with van der Waals surface area (Å²) in [5.41, 5.74) is 6.72. The minimum atomic E-state index is 0.442. The molecule has 5 heteroatoms. The summed E-state index contributed by atoms with van der Waals surface area (Å²) >= 11 is 5.14. The molecule has 2 saturated heterocycles. The lowest BCUT2D eigenvalue weighted by Gasteiger charge is -2.35. The summed E-state index contributed by atoms with van der Waals surface area (Å²) in [5.74, 6) is 1.79. The smallest absolute Gasteiger partial charge is 0.138 e. The Bertz CT molecular complexity index is 491. The van der Waals surface area contributed by atoms with E-state index >= 15 is 0 Å². The Kier molecular flexibility index (Phi) is 4.70. The number of aromatic nitrogens is 1. The van der Waals surface area contributed by atoms with E-state index in [1.807, 2.05) is 18.3 Å². The molecule has 0 bridgehead atoms. The highest BCUT2D eigenvalue weighted by Crippen LogP contribution is 2.25. The fraction of sp³-hybridized carbons (Fsp3) is 0.625. The van der Waals surface area contributed by atoms with E-state index in [4.69, 9.17) is 18.0 Å². The maximum atomic E-state index is 5.82. The third kappa shape index (κ3) is 3.52. The Balaban J connectivity index is 1.59. The molecular formula is C16H24N4S. The van der Waals surface area contributed by atoms with Crippen LogP contribution in [-0.2, 0) is 0 Å². The molecule has 2 aliphatic rings. The topological polar surface area (TPSA) is 45.4 Å². The molecule has 0 spiro atoms. The lowest BCUT2D eigenvalue weighted by atomic mass is 9.96. The summed E-state index contributed by atoms with van der Waals surface area (Å²) in [4.78, 5) is 9.91. The molecule has 0 aliphatic carbocycles. The number of hydrogen-bond donors (Lipinski definition) is 1. The van der Waals surface area contributed by atoms with Crippen molar-refractivity contribution in [2.45, 2.75) is 25.7 Å². The largest absolute Gasteiger partial charge is 0.389 e. The van der Waals surface area contributed by atoms with Crippen molar-refractivity contribution in [2.24, 2.45) is 11.7 Å². The van der Waals surface area contributed by atoms with Crippen molar-refractivity contribution in [2.75, 3.05) is 37.6 Å². The summed E-state index contributed by atoms with van der Waals surface area (Å²) < 4.78 is 0. The van der Waals surface area contributed by atoms with Gasteiger partial charge in [-0.25, -0.2) is 4.98 Å². The number of rotatable bonds is 4. The Morgan fingerprint density at radius 1 is 1.24 bits per heavy atom. The Morgan fingerprint density at radius 3 is 2.62 bits per heavy atom. The molecular weight excluding hydrogens is 280 g/mol. The number of hydrogen-bond acceptors (Lipinski definition) is 4. The quantitative estimate of drug-likeness (QED) is 0.862. The standard InChI is InChI=1S/C16H24N4S/c17-15(21)14-4-3-7-18-16(14)20-10-5-13(6-11-20)12-19-8-1-2-9-19/h3-4,7,13H,1-2,5-6,8-12H2,(H2,17,21). The van der Waals surface area contributed by atoms with Crippen LogP contribution in [-0.4, -0.2) is 47.6 Å². The zero-order valence-corrected chi connectivity index (χ0v) is 13.3. The van der Waals surface area contributed by atoms with Crippen molar-refractivity contribution < 1.29 is 0 Å². The maximum absolute atomic E-state index is 5.82. The molecule has 2 N–H and O–H groups in total. The number of anilines is 1. The SMILES string of the molecule is NC(=S)c1cccnc1N1CCC(CN2CCCC2)CC1. The summed E-state index contributed by atoms with van der Waals surface area (Å²) in [6, 6.07) is 3.87. The predicted molar refractivity (Wildman–Crippen MR) is 90.7 cm³/mol. The zero-order valence-electron chi connectivity index (χ0n) is 12.5. The van der Waals surface area contributed by atoms with Crippen LogP contribution in [0.2, 0.25) is 0 Å². The van der Waals surface area contributed by atoms with E-state index in [1.54, 1.807) is 0 Å². The lowest BCUT2D eigenvalue weighted by molar-refractivity contribution is 0.249. The molecule has 2 fully saturated rings. The summed E-state index contributed by atoms with van der Waals surface area (Å²) in [6.45, 7) is 5.99. The molecule has 2 aliphatic heterocycles. The van der Waals surface area contributed by atoms with E-state index in [0.29, 0.717) is 4.99 Å². The predicted octanol–water partition coefficient (Wildman–Crippen LogP) is 2.03. The highest BCUT2D eigenvalue weighted by atomic mass is 32.1. The summed E-state index contributed by atoms with van der Waals surface area (Å²) in [7, 11) is 0. The molecule has 0 radical (unpaired) electrons. The fourth-order valence-electron chi connectivity index (χ4n) is 3.50. The lowest BCUT2D eigenvalue weighted by Crippen LogP contribution is -2.39. The molecule has 0 unspecified atom stereocenters. The number of likely N-dealkylation sites (tertiary alicyclic amines) is 1. The summed E-state index contributed by atoms with van der Waals surface area (Å²) in [5, 5.41) is 0. The van der Waals surface area contributed by atoms with Gasteiger partial charge in [-0.1, -0.05) is 12.2 Å². The number of nitrogens with zero attached hydrogens (tertiary/aromatic N) is 3. The maximum Gasteiger partial charge on any atom is 0.138 e. The minimum absolute atomic E-state index is 0.442. The van der Waals surface area contributed by atoms with E-state index in [0.717, 1.165) is 30.4 Å². The van der Waals surface area contributed by atoms with Crippen LogP contribution in [0, 0.1) is 5.92 Å². The first-order chi connectivity index (χ1) is 10.2. The first-order valence-electron chi connectivity index (χ1n) is 7.96. The van der Waals surface area contributed by atoms with Gasteiger partial charge in [0.05, 0.1) is 5.56 Å². The van der Waals surface area contributed by atoms with Gasteiger partial charge in [-0.2, -0.15) is 0 Å². The van der Waals surface area contributed by atoms with Crippen LogP contribution in [0.4, 0.5) is 5.82 Å². The van der Waals surface area contributed by atoms with E-state index in [9.17, 15) is 0 Å². The fourth-order valence-corrected chi connectivity index (χ4v) is 3.66. The Hall–Kier alpha value is -1.20. The van der Waals surface area contributed by atoms with E-state index < -0.39 is 0 Å². The van der Waals surface area contributed by atoms with Crippen LogP contribution in [0.15, 0.2) is 18.3 Å². The van der Waals surface area contributed by atoms with Crippen molar-refractivity contribution in [3.05, 3.63) is 23.9 Å². The van der Waals surface area contributed by atoms with Gasteiger partial charge in [0.15, 0.2) is 0 Å².